The van der Waals surface area contributed by atoms with E-state index in [1.807, 2.05) is 19.1 Å². The lowest BCUT2D eigenvalue weighted by atomic mass is 9.65. The number of nitrogens with one attached hydrogen (secondary N) is 1. The van der Waals surface area contributed by atoms with Crippen molar-refractivity contribution in [2.45, 2.75) is 39.0 Å². The molecule has 5 rings (SSSR count). The second kappa shape index (κ2) is 8.37. The second-order valence-electron chi connectivity index (χ2n) is 9.07. The number of aromatic nitrogens is 3. The maximum atomic E-state index is 13.3. The van der Waals surface area contributed by atoms with Gasteiger partial charge < -0.3 is 4.74 Å². The SMILES string of the molecule is Cc1ccc(-c2cc(Oc3ccc(NC(=O)N4CCC5(CC(F)(F)C5)C4=O)nc3C)ccn2)cn1. The second-order valence-corrected chi connectivity index (χ2v) is 9.07. The number of imide groups is 1. The minimum Gasteiger partial charge on any atom is -0.455 e. The van der Waals surface area contributed by atoms with Crippen LogP contribution in [0.3, 0.4) is 0 Å². The minimum absolute atomic E-state index is 0.113. The summed E-state index contributed by atoms with van der Waals surface area (Å²) >= 11 is 0. The molecule has 35 heavy (non-hydrogen) atoms. The highest BCUT2D eigenvalue weighted by Gasteiger charge is 2.64. The van der Waals surface area contributed by atoms with Crippen LogP contribution in [0.15, 0.2) is 48.8 Å². The van der Waals surface area contributed by atoms with Gasteiger partial charge in [-0.3, -0.25) is 25.0 Å². The fraction of sp³-hybridized carbons (Fsp3) is 0.320. The number of likely N-dealkylation sites (tertiary alicyclic amines) is 1. The zero-order chi connectivity index (χ0) is 24.8. The zero-order valence-electron chi connectivity index (χ0n) is 19.2. The average Bonchev–Trinajstić information content (AvgIpc) is 3.12. The van der Waals surface area contributed by atoms with E-state index in [-0.39, 0.29) is 18.8 Å². The zero-order valence-corrected chi connectivity index (χ0v) is 19.2. The first kappa shape index (κ1) is 22.8. The lowest BCUT2D eigenvalue weighted by molar-refractivity contribution is -0.176. The highest BCUT2D eigenvalue weighted by atomic mass is 19.3. The third kappa shape index (κ3) is 4.43. The molecule has 1 saturated carbocycles. The van der Waals surface area contributed by atoms with Crippen LogP contribution in [0, 0.1) is 19.3 Å². The highest BCUT2D eigenvalue weighted by molar-refractivity contribution is 6.04. The minimum atomic E-state index is -2.83. The Labute approximate surface area is 200 Å². The summed E-state index contributed by atoms with van der Waals surface area (Å²) in [6.45, 7) is 3.75. The number of anilines is 1. The van der Waals surface area contributed by atoms with E-state index >= 15 is 0 Å². The number of carbonyl (C=O) groups excluding carboxylic acids is 2. The molecule has 2 aliphatic rings. The van der Waals surface area contributed by atoms with Crippen molar-refractivity contribution in [3.63, 3.8) is 0 Å². The van der Waals surface area contributed by atoms with E-state index in [1.54, 1.807) is 43.6 Å². The summed E-state index contributed by atoms with van der Waals surface area (Å²) in [5.41, 5.74) is 1.88. The summed E-state index contributed by atoms with van der Waals surface area (Å²) in [4.78, 5) is 39.2. The van der Waals surface area contributed by atoms with Gasteiger partial charge in [-0.15, -0.1) is 0 Å². The number of pyridine rings is 3. The van der Waals surface area contributed by atoms with Crippen LogP contribution in [0.4, 0.5) is 19.4 Å². The van der Waals surface area contributed by atoms with Crippen molar-refractivity contribution < 1.29 is 23.1 Å². The van der Waals surface area contributed by atoms with E-state index in [9.17, 15) is 18.4 Å². The van der Waals surface area contributed by atoms with Gasteiger partial charge in [-0.2, -0.15) is 0 Å². The predicted molar refractivity (Wildman–Crippen MR) is 123 cm³/mol. The number of hydrogen-bond donors (Lipinski definition) is 1. The average molecular weight is 479 g/mol. The molecule has 0 bridgehead atoms. The topological polar surface area (TPSA) is 97.3 Å². The number of ether oxygens (including phenoxy) is 1. The molecular weight excluding hydrogens is 456 g/mol. The predicted octanol–water partition coefficient (Wildman–Crippen LogP) is 5.13. The Hall–Kier alpha value is -3.95. The number of hydrogen-bond acceptors (Lipinski definition) is 6. The van der Waals surface area contributed by atoms with E-state index in [0.29, 0.717) is 22.9 Å². The van der Waals surface area contributed by atoms with E-state index < -0.39 is 36.1 Å². The monoisotopic (exact) mass is 479 g/mol. The van der Waals surface area contributed by atoms with Gasteiger partial charge in [-0.25, -0.2) is 18.6 Å². The van der Waals surface area contributed by atoms with Crippen LogP contribution in [0.25, 0.3) is 11.3 Å². The molecule has 1 N–H and O–H groups in total. The maximum absolute atomic E-state index is 13.3. The Morgan fingerprint density at radius 2 is 1.91 bits per heavy atom. The summed E-state index contributed by atoms with van der Waals surface area (Å²) in [7, 11) is 0. The fourth-order valence-corrected chi connectivity index (χ4v) is 4.56. The van der Waals surface area contributed by atoms with Crippen LogP contribution in [-0.2, 0) is 4.79 Å². The van der Waals surface area contributed by atoms with Crippen molar-refractivity contribution in [2.75, 3.05) is 11.9 Å². The Bertz CT molecular complexity index is 1300. The Morgan fingerprint density at radius 3 is 2.60 bits per heavy atom. The molecule has 3 amide bonds. The molecule has 1 aliphatic carbocycles. The van der Waals surface area contributed by atoms with Crippen LogP contribution in [0.5, 0.6) is 11.5 Å². The Kier molecular flexibility index (Phi) is 5.46. The molecule has 0 unspecified atom stereocenters. The van der Waals surface area contributed by atoms with Gasteiger partial charge in [-0.05, 0) is 50.6 Å². The fourth-order valence-electron chi connectivity index (χ4n) is 4.56. The van der Waals surface area contributed by atoms with E-state index in [1.165, 1.54) is 0 Å². The quantitative estimate of drug-likeness (QED) is 0.557. The van der Waals surface area contributed by atoms with Gasteiger partial charge in [0.05, 0.1) is 16.8 Å². The van der Waals surface area contributed by atoms with Crippen LogP contribution in [0.1, 0.15) is 30.7 Å². The van der Waals surface area contributed by atoms with Gasteiger partial charge in [0.15, 0.2) is 0 Å². The lowest BCUT2D eigenvalue weighted by Crippen LogP contribution is -2.52. The van der Waals surface area contributed by atoms with Gasteiger partial charge >= 0.3 is 6.03 Å². The first-order valence-corrected chi connectivity index (χ1v) is 11.2. The summed E-state index contributed by atoms with van der Waals surface area (Å²) in [6.07, 6.45) is 2.64. The molecule has 1 aliphatic heterocycles. The smallest absolute Gasteiger partial charge is 0.329 e. The summed E-state index contributed by atoms with van der Waals surface area (Å²) < 4.78 is 32.7. The summed E-state index contributed by atoms with van der Waals surface area (Å²) in [5, 5.41) is 2.58. The first-order valence-electron chi connectivity index (χ1n) is 11.2. The number of aryl methyl sites for hydroxylation is 2. The van der Waals surface area contributed by atoms with Gasteiger partial charge in [-0.1, -0.05) is 0 Å². The Morgan fingerprint density at radius 1 is 1.11 bits per heavy atom. The van der Waals surface area contributed by atoms with Crippen LogP contribution in [0.2, 0.25) is 0 Å². The molecular formula is C25H23F2N5O3. The highest BCUT2D eigenvalue weighted by Crippen LogP contribution is 2.57. The lowest BCUT2D eigenvalue weighted by Gasteiger charge is -2.42. The van der Waals surface area contributed by atoms with Crippen LogP contribution in [-0.4, -0.2) is 44.3 Å². The third-order valence-electron chi connectivity index (χ3n) is 6.39. The third-order valence-corrected chi connectivity index (χ3v) is 6.39. The normalized spacial score (nSPS) is 17.8. The molecule has 0 radical (unpaired) electrons. The molecule has 8 nitrogen and oxygen atoms in total. The van der Waals surface area contributed by atoms with Crippen molar-refractivity contribution in [1.82, 2.24) is 19.9 Å². The largest absolute Gasteiger partial charge is 0.455 e. The van der Waals surface area contributed by atoms with E-state index in [4.69, 9.17) is 4.74 Å². The van der Waals surface area contributed by atoms with Gasteiger partial charge in [0.25, 0.3) is 0 Å². The number of rotatable bonds is 4. The number of urea groups is 1. The molecule has 3 aromatic heterocycles. The molecule has 1 spiro atoms. The van der Waals surface area contributed by atoms with Crippen molar-refractivity contribution in [1.29, 1.82) is 0 Å². The van der Waals surface area contributed by atoms with Gasteiger partial charge in [0.1, 0.15) is 17.3 Å². The molecule has 10 heteroatoms. The van der Waals surface area contributed by atoms with E-state index in [0.717, 1.165) is 16.2 Å². The molecule has 3 aromatic rings. The van der Waals surface area contributed by atoms with Crippen molar-refractivity contribution in [3.05, 3.63) is 60.2 Å². The number of alkyl halides is 2. The van der Waals surface area contributed by atoms with Crippen molar-refractivity contribution in [3.8, 4) is 22.8 Å². The van der Waals surface area contributed by atoms with Crippen LogP contribution < -0.4 is 10.1 Å². The summed E-state index contributed by atoms with van der Waals surface area (Å²) in [5.74, 6) is -2.11. The maximum Gasteiger partial charge on any atom is 0.329 e. The van der Waals surface area contributed by atoms with E-state index in [2.05, 4.69) is 20.3 Å². The number of amides is 3. The van der Waals surface area contributed by atoms with Crippen LogP contribution >= 0.6 is 0 Å². The molecule has 1 saturated heterocycles. The molecule has 0 atom stereocenters. The molecule has 4 heterocycles. The van der Waals surface area contributed by atoms with Crippen molar-refractivity contribution >= 4 is 17.8 Å². The Balaban J connectivity index is 1.25. The molecule has 2 fully saturated rings. The van der Waals surface area contributed by atoms with Gasteiger partial charge in [0, 0.05) is 49.1 Å². The number of halogens is 2. The standard InChI is InChI=1S/C25H23F2N5O3/c1-15-3-4-17(12-29-15)19-11-18(7-9-28-19)35-20-5-6-21(30-16(20)2)31-23(34)32-10-8-24(22(32)33)13-25(26,27)14-24/h3-7,9,11-12H,8,10,13-14H2,1-2H3,(H,30,31,34). The van der Waals surface area contributed by atoms with Gasteiger partial charge in [0.2, 0.25) is 11.8 Å². The first-order chi connectivity index (χ1) is 16.6. The summed E-state index contributed by atoms with van der Waals surface area (Å²) in [6, 6.07) is 9.89. The number of carbonyl (C=O) groups is 2. The molecule has 180 valence electrons. The molecule has 0 aromatic carbocycles. The number of nitrogens with zero attached hydrogens (tertiary/aromatic N) is 4. The van der Waals surface area contributed by atoms with Crippen molar-refractivity contribution in [2.24, 2.45) is 5.41 Å².